The molecule has 0 radical (unpaired) electrons. The number of hydrogen-bond acceptors (Lipinski definition) is 3. The fraction of sp³-hybridized carbons (Fsp3) is 0.105. The fourth-order valence-corrected chi connectivity index (χ4v) is 2.51. The Kier molecular flexibility index (Phi) is 4.89. The molecular formula is C19H17N3O3. The van der Waals surface area contributed by atoms with Crippen LogP contribution in [0.15, 0.2) is 71.5 Å². The van der Waals surface area contributed by atoms with Gasteiger partial charge in [-0.15, -0.1) is 0 Å². The molecule has 1 heterocycles. The van der Waals surface area contributed by atoms with Crippen molar-refractivity contribution in [3.05, 3.63) is 82.6 Å². The van der Waals surface area contributed by atoms with Gasteiger partial charge >= 0.3 is 6.09 Å². The van der Waals surface area contributed by atoms with Gasteiger partial charge in [-0.1, -0.05) is 60.7 Å². The summed E-state index contributed by atoms with van der Waals surface area (Å²) < 4.78 is 0. The van der Waals surface area contributed by atoms with Crippen LogP contribution in [-0.4, -0.2) is 27.7 Å². The van der Waals surface area contributed by atoms with Crippen LogP contribution in [0.1, 0.15) is 5.56 Å². The molecule has 1 aromatic heterocycles. The van der Waals surface area contributed by atoms with E-state index in [4.69, 9.17) is 0 Å². The van der Waals surface area contributed by atoms with Gasteiger partial charge in [-0.3, -0.25) is 9.78 Å². The maximum atomic E-state index is 12.0. The molecular weight excluding hydrogens is 318 g/mol. The molecule has 0 aliphatic carbocycles. The topological polar surface area (TPSA) is 86.3 Å². The van der Waals surface area contributed by atoms with E-state index in [0.29, 0.717) is 12.1 Å². The largest absolute Gasteiger partial charge is 0.465 e. The molecule has 0 aliphatic rings. The van der Waals surface area contributed by atoms with Crippen LogP contribution in [0.25, 0.3) is 11.3 Å². The lowest BCUT2D eigenvalue weighted by molar-refractivity contribution is 0.201. The maximum absolute atomic E-state index is 12.0. The molecule has 0 atom stereocenters. The summed E-state index contributed by atoms with van der Waals surface area (Å²) in [5.41, 5.74) is 1.80. The SMILES string of the molecule is O=C(O)N(CCc1ccccc1)c1nc(-c2ccccc2)cc(=O)[nH]1. The molecule has 0 unspecified atom stereocenters. The Morgan fingerprint density at radius 3 is 2.32 bits per heavy atom. The van der Waals surface area contributed by atoms with Crippen molar-refractivity contribution in [3.63, 3.8) is 0 Å². The highest BCUT2D eigenvalue weighted by atomic mass is 16.4. The smallest absolute Gasteiger partial charge is 0.414 e. The Hall–Kier alpha value is -3.41. The molecule has 25 heavy (non-hydrogen) atoms. The molecule has 0 bridgehead atoms. The van der Waals surface area contributed by atoms with Gasteiger partial charge in [-0.25, -0.2) is 14.7 Å². The summed E-state index contributed by atoms with van der Waals surface area (Å²) in [5, 5.41) is 9.52. The monoisotopic (exact) mass is 335 g/mol. The standard InChI is InChI=1S/C19H17N3O3/c23-17-13-16(15-9-5-2-6-10-15)20-18(21-17)22(19(24)25)12-11-14-7-3-1-4-8-14/h1-10,13H,11-12H2,(H,24,25)(H,20,21,23). The zero-order valence-electron chi connectivity index (χ0n) is 13.4. The van der Waals surface area contributed by atoms with Crippen molar-refractivity contribution in [2.45, 2.75) is 6.42 Å². The Bertz CT molecular complexity index is 908. The number of nitrogens with one attached hydrogen (secondary N) is 1. The molecule has 126 valence electrons. The fourth-order valence-electron chi connectivity index (χ4n) is 2.51. The van der Waals surface area contributed by atoms with E-state index in [9.17, 15) is 14.7 Å². The van der Waals surface area contributed by atoms with E-state index in [0.717, 1.165) is 16.0 Å². The molecule has 2 N–H and O–H groups in total. The van der Waals surface area contributed by atoms with Crippen molar-refractivity contribution < 1.29 is 9.90 Å². The summed E-state index contributed by atoms with van der Waals surface area (Å²) in [6.45, 7) is 0.195. The summed E-state index contributed by atoms with van der Waals surface area (Å²) in [6.07, 6.45) is -0.642. The number of anilines is 1. The van der Waals surface area contributed by atoms with Crippen LogP contribution in [0.5, 0.6) is 0 Å². The van der Waals surface area contributed by atoms with Crippen LogP contribution in [0, 0.1) is 0 Å². The first-order chi connectivity index (χ1) is 12.1. The van der Waals surface area contributed by atoms with E-state index in [1.165, 1.54) is 6.07 Å². The van der Waals surface area contributed by atoms with Crippen LogP contribution in [0.2, 0.25) is 0 Å². The third kappa shape index (κ3) is 4.11. The molecule has 6 nitrogen and oxygen atoms in total. The lowest BCUT2D eigenvalue weighted by Crippen LogP contribution is -2.34. The zero-order valence-corrected chi connectivity index (χ0v) is 13.4. The van der Waals surface area contributed by atoms with Gasteiger partial charge in [0.15, 0.2) is 0 Å². The average molecular weight is 335 g/mol. The van der Waals surface area contributed by atoms with E-state index in [-0.39, 0.29) is 12.5 Å². The van der Waals surface area contributed by atoms with Crippen LogP contribution >= 0.6 is 0 Å². The number of carboxylic acid groups (broad SMARTS) is 1. The van der Waals surface area contributed by atoms with Gasteiger partial charge < -0.3 is 5.11 Å². The molecule has 3 aromatic rings. The van der Waals surface area contributed by atoms with Gasteiger partial charge in [0.1, 0.15) is 0 Å². The van der Waals surface area contributed by atoms with Crippen molar-refractivity contribution in [2.75, 3.05) is 11.4 Å². The highest BCUT2D eigenvalue weighted by molar-refractivity contribution is 5.83. The van der Waals surface area contributed by atoms with Crippen molar-refractivity contribution >= 4 is 12.0 Å². The minimum Gasteiger partial charge on any atom is -0.465 e. The van der Waals surface area contributed by atoms with Gasteiger partial charge in [0.2, 0.25) is 5.95 Å². The second-order valence-corrected chi connectivity index (χ2v) is 5.49. The molecule has 0 spiro atoms. The number of rotatable bonds is 5. The molecule has 0 aliphatic heterocycles. The van der Waals surface area contributed by atoms with Crippen molar-refractivity contribution in [3.8, 4) is 11.3 Å². The normalized spacial score (nSPS) is 10.4. The third-order valence-electron chi connectivity index (χ3n) is 3.75. The number of amides is 1. The van der Waals surface area contributed by atoms with E-state index in [1.54, 1.807) is 0 Å². The van der Waals surface area contributed by atoms with Gasteiger partial charge in [0.05, 0.1) is 5.69 Å². The predicted molar refractivity (Wildman–Crippen MR) is 95.8 cm³/mol. The Balaban J connectivity index is 1.90. The Morgan fingerprint density at radius 1 is 1.04 bits per heavy atom. The summed E-state index contributed by atoms with van der Waals surface area (Å²) in [5.74, 6) is 0.0229. The van der Waals surface area contributed by atoms with Gasteiger partial charge in [-0.2, -0.15) is 0 Å². The molecule has 0 saturated heterocycles. The number of aromatic nitrogens is 2. The maximum Gasteiger partial charge on any atom is 0.414 e. The summed E-state index contributed by atoms with van der Waals surface area (Å²) in [6, 6.07) is 20.1. The molecule has 0 saturated carbocycles. The van der Waals surface area contributed by atoms with E-state index in [1.807, 2.05) is 60.7 Å². The Morgan fingerprint density at radius 2 is 1.68 bits per heavy atom. The highest BCUT2D eigenvalue weighted by Crippen LogP contribution is 2.17. The first-order valence-electron chi connectivity index (χ1n) is 7.84. The second-order valence-electron chi connectivity index (χ2n) is 5.49. The predicted octanol–water partition coefficient (Wildman–Crippen LogP) is 3.16. The summed E-state index contributed by atoms with van der Waals surface area (Å²) >= 11 is 0. The molecule has 2 aromatic carbocycles. The van der Waals surface area contributed by atoms with E-state index >= 15 is 0 Å². The van der Waals surface area contributed by atoms with Gasteiger partial charge in [-0.05, 0) is 12.0 Å². The summed E-state index contributed by atoms with van der Waals surface area (Å²) in [7, 11) is 0. The van der Waals surface area contributed by atoms with Crippen LogP contribution in [0.4, 0.5) is 10.7 Å². The molecule has 6 heteroatoms. The quantitative estimate of drug-likeness (QED) is 0.750. The minimum atomic E-state index is -1.16. The molecule has 1 amide bonds. The second kappa shape index (κ2) is 7.44. The number of H-pyrrole nitrogens is 1. The van der Waals surface area contributed by atoms with Crippen LogP contribution in [-0.2, 0) is 6.42 Å². The number of aromatic amines is 1. The third-order valence-corrected chi connectivity index (χ3v) is 3.75. The zero-order chi connectivity index (χ0) is 17.6. The Labute approximate surface area is 144 Å². The minimum absolute atomic E-state index is 0.0229. The van der Waals surface area contributed by atoms with Crippen molar-refractivity contribution in [1.29, 1.82) is 0 Å². The highest BCUT2D eigenvalue weighted by Gasteiger charge is 2.18. The first kappa shape index (κ1) is 16.4. The lowest BCUT2D eigenvalue weighted by Gasteiger charge is -2.18. The van der Waals surface area contributed by atoms with Crippen LogP contribution < -0.4 is 10.5 Å². The number of nitrogens with zero attached hydrogens (tertiary/aromatic N) is 2. The van der Waals surface area contributed by atoms with Crippen LogP contribution in [0.3, 0.4) is 0 Å². The first-order valence-corrected chi connectivity index (χ1v) is 7.84. The van der Waals surface area contributed by atoms with Gasteiger partial charge in [0.25, 0.3) is 5.56 Å². The van der Waals surface area contributed by atoms with E-state index in [2.05, 4.69) is 9.97 Å². The lowest BCUT2D eigenvalue weighted by atomic mass is 10.1. The summed E-state index contributed by atoms with van der Waals surface area (Å²) in [4.78, 5) is 31.5. The molecule has 3 rings (SSSR count). The van der Waals surface area contributed by atoms with E-state index < -0.39 is 11.7 Å². The number of carbonyl (C=O) groups is 1. The van der Waals surface area contributed by atoms with Gasteiger partial charge in [0, 0.05) is 18.2 Å². The average Bonchev–Trinajstić information content (AvgIpc) is 2.63. The molecule has 0 fully saturated rings. The number of benzene rings is 2. The number of hydrogen-bond donors (Lipinski definition) is 2. The van der Waals surface area contributed by atoms with Crippen molar-refractivity contribution in [1.82, 2.24) is 9.97 Å². The van der Waals surface area contributed by atoms with Crippen molar-refractivity contribution in [2.24, 2.45) is 0 Å².